The molecule has 0 saturated carbocycles. The number of amides is 1. The molecule has 10 heteroatoms. The van der Waals surface area contributed by atoms with Crippen LogP contribution in [0.2, 0.25) is 0 Å². The maximum Gasteiger partial charge on any atom is 0.326 e. The third-order valence-electron chi connectivity index (χ3n) is 7.77. The molecule has 0 unspecified atom stereocenters. The molecule has 3 aromatic rings. The van der Waals surface area contributed by atoms with Crippen molar-refractivity contribution in [3.8, 4) is 11.1 Å². The molecule has 0 spiro atoms. The minimum absolute atomic E-state index is 0.0890. The lowest BCUT2D eigenvalue weighted by atomic mass is 9.93. The molecule has 0 bridgehead atoms. The summed E-state index contributed by atoms with van der Waals surface area (Å²) < 4.78 is 35.0. The van der Waals surface area contributed by atoms with Crippen molar-refractivity contribution in [2.75, 3.05) is 32.3 Å². The number of aryl methyl sites for hydroxylation is 1. The fourth-order valence-electron chi connectivity index (χ4n) is 5.41. The average Bonchev–Trinajstić information content (AvgIpc) is 3.36. The van der Waals surface area contributed by atoms with Gasteiger partial charge in [0.1, 0.15) is 15.9 Å². The van der Waals surface area contributed by atoms with Gasteiger partial charge in [-0.15, -0.1) is 0 Å². The molecule has 1 aliphatic rings. The van der Waals surface area contributed by atoms with Gasteiger partial charge in [-0.05, 0) is 59.7 Å². The summed E-state index contributed by atoms with van der Waals surface area (Å²) in [5.74, 6) is -2.20. The molecule has 4 rings (SSSR count). The van der Waals surface area contributed by atoms with Crippen molar-refractivity contribution in [2.45, 2.75) is 51.1 Å². The van der Waals surface area contributed by atoms with E-state index in [-0.39, 0.29) is 24.3 Å². The van der Waals surface area contributed by atoms with Gasteiger partial charge in [0.05, 0.1) is 25.1 Å². The topological polar surface area (TPSA) is 122 Å². The van der Waals surface area contributed by atoms with E-state index in [2.05, 4.69) is 10.2 Å². The highest BCUT2D eigenvalue weighted by Gasteiger charge is 2.32. The summed E-state index contributed by atoms with van der Waals surface area (Å²) in [5.41, 5.74) is 4.94. The molecule has 3 atom stereocenters. The SMILES string of the molecule is CO[C@H]1C[C@H](COCc2ccccc2)N(Cc2ccc(C(=O)N[C@@H](CCS(C)(=O)=O)C(=O)O)c(-c3ccccc3C)c2)C1. The van der Waals surface area contributed by atoms with E-state index in [0.29, 0.717) is 30.9 Å². The summed E-state index contributed by atoms with van der Waals surface area (Å²) in [6.07, 6.45) is 1.76. The van der Waals surface area contributed by atoms with Crippen molar-refractivity contribution >= 4 is 21.7 Å². The van der Waals surface area contributed by atoms with Crippen LogP contribution in [0.4, 0.5) is 0 Å². The molecule has 1 amide bonds. The van der Waals surface area contributed by atoms with Crippen LogP contribution in [-0.2, 0) is 37.3 Å². The largest absolute Gasteiger partial charge is 0.480 e. The number of rotatable bonds is 14. The molecule has 43 heavy (non-hydrogen) atoms. The van der Waals surface area contributed by atoms with Crippen molar-refractivity contribution in [2.24, 2.45) is 0 Å². The smallest absolute Gasteiger partial charge is 0.326 e. The second-order valence-electron chi connectivity index (χ2n) is 11.2. The van der Waals surface area contributed by atoms with Crippen molar-refractivity contribution in [3.63, 3.8) is 0 Å². The Kier molecular flexibility index (Phi) is 11.1. The summed E-state index contributed by atoms with van der Waals surface area (Å²) in [5, 5.41) is 12.2. The van der Waals surface area contributed by atoms with E-state index in [9.17, 15) is 23.1 Å². The van der Waals surface area contributed by atoms with E-state index < -0.39 is 27.8 Å². The maximum atomic E-state index is 13.4. The number of benzene rings is 3. The number of hydrogen-bond donors (Lipinski definition) is 2. The van der Waals surface area contributed by atoms with Gasteiger partial charge in [0.25, 0.3) is 5.91 Å². The Hall–Kier alpha value is -3.57. The number of hydrogen-bond acceptors (Lipinski definition) is 7. The van der Waals surface area contributed by atoms with E-state index in [1.54, 1.807) is 13.2 Å². The molecule has 2 N–H and O–H groups in total. The molecule has 1 fully saturated rings. The first-order valence-electron chi connectivity index (χ1n) is 14.3. The first-order chi connectivity index (χ1) is 20.5. The second-order valence-corrected chi connectivity index (χ2v) is 13.4. The second kappa shape index (κ2) is 14.7. The predicted molar refractivity (Wildman–Crippen MR) is 166 cm³/mol. The summed E-state index contributed by atoms with van der Waals surface area (Å²) >= 11 is 0. The Morgan fingerprint density at radius 3 is 2.42 bits per heavy atom. The third-order valence-corrected chi connectivity index (χ3v) is 8.75. The first-order valence-corrected chi connectivity index (χ1v) is 16.4. The van der Waals surface area contributed by atoms with Gasteiger partial charge in [-0.1, -0.05) is 60.7 Å². The fraction of sp³-hybridized carbons (Fsp3) is 0.394. The standard InChI is InChI=1S/C33H40N2O7S/c1-23-9-7-8-12-28(23)30-17-25(13-14-29(30)32(36)34-31(33(37)38)15-16-43(3,39)40)19-35-20-27(41-2)18-26(35)22-42-21-24-10-5-4-6-11-24/h4-14,17,26-27,31H,15-16,18-22H2,1-3H3,(H,34,36)(H,37,38)/t26-,27+,31+/m1/s1. The normalized spacial score (nSPS) is 17.9. The molecular formula is C33H40N2O7S. The van der Waals surface area contributed by atoms with Crippen LogP contribution in [0.25, 0.3) is 11.1 Å². The molecule has 0 radical (unpaired) electrons. The van der Waals surface area contributed by atoms with Gasteiger partial charge in [-0.25, -0.2) is 13.2 Å². The van der Waals surface area contributed by atoms with Gasteiger partial charge in [-0.3, -0.25) is 9.69 Å². The lowest BCUT2D eigenvalue weighted by molar-refractivity contribution is -0.139. The number of likely N-dealkylation sites (tertiary alicyclic amines) is 1. The fourth-order valence-corrected chi connectivity index (χ4v) is 6.07. The van der Waals surface area contributed by atoms with Crippen molar-refractivity contribution < 1.29 is 32.6 Å². The van der Waals surface area contributed by atoms with Crippen molar-refractivity contribution in [1.82, 2.24) is 10.2 Å². The van der Waals surface area contributed by atoms with Gasteiger partial charge >= 0.3 is 5.97 Å². The molecule has 1 saturated heterocycles. The number of carboxylic acid groups (broad SMARTS) is 1. The van der Waals surface area contributed by atoms with Crippen LogP contribution in [0.3, 0.4) is 0 Å². The minimum Gasteiger partial charge on any atom is -0.480 e. The summed E-state index contributed by atoms with van der Waals surface area (Å²) in [6, 6.07) is 22.2. The van der Waals surface area contributed by atoms with Crippen LogP contribution in [0.5, 0.6) is 0 Å². The number of carboxylic acids is 1. The van der Waals surface area contributed by atoms with E-state index in [0.717, 1.165) is 41.5 Å². The van der Waals surface area contributed by atoms with E-state index in [1.165, 1.54) is 0 Å². The molecule has 9 nitrogen and oxygen atoms in total. The van der Waals surface area contributed by atoms with Crippen LogP contribution in [-0.4, -0.2) is 80.8 Å². The zero-order valence-corrected chi connectivity index (χ0v) is 25.7. The highest BCUT2D eigenvalue weighted by Crippen LogP contribution is 2.30. The van der Waals surface area contributed by atoms with Gasteiger partial charge < -0.3 is 19.9 Å². The number of nitrogens with one attached hydrogen (secondary N) is 1. The average molecular weight is 609 g/mol. The molecule has 230 valence electrons. The molecular weight excluding hydrogens is 568 g/mol. The predicted octanol–water partition coefficient (Wildman–Crippen LogP) is 4.09. The summed E-state index contributed by atoms with van der Waals surface area (Å²) in [4.78, 5) is 27.6. The van der Waals surface area contributed by atoms with Crippen LogP contribution >= 0.6 is 0 Å². The maximum absolute atomic E-state index is 13.4. The van der Waals surface area contributed by atoms with Crippen LogP contribution in [0, 0.1) is 6.92 Å². The van der Waals surface area contributed by atoms with Crippen LogP contribution in [0.15, 0.2) is 72.8 Å². The van der Waals surface area contributed by atoms with Gasteiger partial charge in [-0.2, -0.15) is 0 Å². The molecule has 1 heterocycles. The van der Waals surface area contributed by atoms with Gasteiger partial charge in [0.2, 0.25) is 0 Å². The Morgan fingerprint density at radius 1 is 1.02 bits per heavy atom. The lowest BCUT2D eigenvalue weighted by Gasteiger charge is -2.25. The third kappa shape index (κ3) is 9.21. The van der Waals surface area contributed by atoms with Crippen molar-refractivity contribution in [3.05, 3.63) is 95.1 Å². The summed E-state index contributed by atoms with van der Waals surface area (Å²) in [6.45, 7) is 4.42. The summed E-state index contributed by atoms with van der Waals surface area (Å²) in [7, 11) is -1.67. The number of methoxy groups -OCH3 is 1. The number of carbonyl (C=O) groups is 2. The Bertz CT molecular complexity index is 1510. The Labute approximate surface area is 253 Å². The molecule has 1 aliphatic heterocycles. The van der Waals surface area contributed by atoms with Crippen LogP contribution < -0.4 is 5.32 Å². The number of ether oxygens (including phenoxy) is 2. The van der Waals surface area contributed by atoms with Gasteiger partial charge in [0.15, 0.2) is 0 Å². The molecule has 0 aliphatic carbocycles. The molecule has 0 aromatic heterocycles. The lowest BCUT2D eigenvalue weighted by Crippen LogP contribution is -2.42. The molecule has 3 aromatic carbocycles. The quantitative estimate of drug-likeness (QED) is 0.281. The Balaban J connectivity index is 1.56. The van der Waals surface area contributed by atoms with E-state index in [1.807, 2.05) is 73.7 Å². The van der Waals surface area contributed by atoms with E-state index >= 15 is 0 Å². The van der Waals surface area contributed by atoms with Crippen LogP contribution in [0.1, 0.15) is 39.9 Å². The number of nitrogens with zero attached hydrogens (tertiary/aromatic N) is 1. The first kappa shape index (κ1) is 32.3. The monoisotopic (exact) mass is 608 g/mol. The highest BCUT2D eigenvalue weighted by atomic mass is 32.2. The number of sulfone groups is 1. The highest BCUT2D eigenvalue weighted by molar-refractivity contribution is 7.90. The zero-order chi connectivity index (χ0) is 31.0. The Morgan fingerprint density at radius 2 is 1.74 bits per heavy atom. The van der Waals surface area contributed by atoms with Crippen molar-refractivity contribution in [1.29, 1.82) is 0 Å². The zero-order valence-electron chi connectivity index (χ0n) is 24.9. The van der Waals surface area contributed by atoms with Gasteiger partial charge in [0, 0.05) is 38.1 Å². The van der Waals surface area contributed by atoms with E-state index in [4.69, 9.17) is 9.47 Å². The number of carbonyl (C=O) groups excluding carboxylic acids is 1. The minimum atomic E-state index is -3.40. The number of aliphatic carboxylic acids is 1.